The molecule has 0 aromatic heterocycles. The maximum absolute atomic E-state index is 6.12. The number of hydrogen-bond donors (Lipinski definition) is 0. The van der Waals surface area contributed by atoms with Crippen LogP contribution in [0.4, 0.5) is 5.69 Å². The normalized spacial score (nSPS) is 12.1. The van der Waals surface area contributed by atoms with Crippen molar-refractivity contribution in [2.24, 2.45) is 4.99 Å². The third kappa shape index (κ3) is 4.84. The summed E-state index contributed by atoms with van der Waals surface area (Å²) in [4.78, 5) is 5.16. The van der Waals surface area contributed by atoms with E-state index in [2.05, 4.69) is 99.7 Å². The van der Waals surface area contributed by atoms with Crippen molar-refractivity contribution in [3.05, 3.63) is 84.4 Å². The van der Waals surface area contributed by atoms with Crippen LogP contribution in [0.3, 0.4) is 0 Å². The van der Waals surface area contributed by atoms with Crippen LogP contribution >= 0.6 is 0 Å². The highest BCUT2D eigenvalue weighted by molar-refractivity contribution is 6.12. The summed E-state index contributed by atoms with van der Waals surface area (Å²) in [6.07, 6.45) is 6.94. The fourth-order valence-electron chi connectivity index (χ4n) is 4.43. The molecule has 3 heteroatoms. The zero-order chi connectivity index (χ0) is 23.9. The van der Waals surface area contributed by atoms with Gasteiger partial charge >= 0.3 is 0 Å². The van der Waals surface area contributed by atoms with Crippen molar-refractivity contribution in [3.8, 4) is 16.9 Å². The maximum Gasteiger partial charge on any atom is 0.188 e. The van der Waals surface area contributed by atoms with Crippen molar-refractivity contribution in [2.45, 2.75) is 40.0 Å². The van der Waals surface area contributed by atoms with Crippen LogP contribution in [-0.2, 0) is 4.74 Å². The number of allylic oxidation sites excluding steroid dienone is 1. The van der Waals surface area contributed by atoms with E-state index in [1.807, 2.05) is 0 Å². The van der Waals surface area contributed by atoms with Crippen LogP contribution in [-0.4, -0.2) is 19.6 Å². The molecule has 4 aromatic carbocycles. The molecular weight excluding hydrogens is 418 g/mol. The molecule has 4 rings (SSSR count). The molecule has 0 atom stereocenters. The molecule has 0 unspecified atom stereocenters. The van der Waals surface area contributed by atoms with Crippen LogP contribution in [0.1, 0.15) is 38.7 Å². The highest BCUT2D eigenvalue weighted by Crippen LogP contribution is 2.47. The number of benzene rings is 4. The summed E-state index contributed by atoms with van der Waals surface area (Å²) >= 11 is 0. The molecule has 0 bridgehead atoms. The fraction of sp³-hybridized carbons (Fsp3) is 0.258. The van der Waals surface area contributed by atoms with Gasteiger partial charge in [0.25, 0.3) is 0 Å². The third-order valence-electron chi connectivity index (χ3n) is 6.02. The minimum atomic E-state index is 0.534. The lowest BCUT2D eigenvalue weighted by molar-refractivity contribution is 0.338. The summed E-state index contributed by atoms with van der Waals surface area (Å²) in [5.41, 5.74) is 4.22. The van der Waals surface area contributed by atoms with Crippen molar-refractivity contribution in [1.82, 2.24) is 0 Å². The van der Waals surface area contributed by atoms with Gasteiger partial charge in [0.2, 0.25) is 0 Å². The Morgan fingerprint density at radius 2 is 1.56 bits per heavy atom. The van der Waals surface area contributed by atoms with Gasteiger partial charge in [0, 0.05) is 17.5 Å². The summed E-state index contributed by atoms with van der Waals surface area (Å²) in [7, 11) is 1.74. The quantitative estimate of drug-likeness (QED) is 0.152. The van der Waals surface area contributed by atoms with Crippen molar-refractivity contribution in [3.63, 3.8) is 0 Å². The van der Waals surface area contributed by atoms with Crippen molar-refractivity contribution < 1.29 is 9.47 Å². The second kappa shape index (κ2) is 11.0. The molecular formula is C31H33NO2. The second-order valence-corrected chi connectivity index (χ2v) is 8.45. The van der Waals surface area contributed by atoms with Gasteiger partial charge in [0.15, 0.2) is 5.90 Å². The highest BCUT2D eigenvalue weighted by atomic mass is 16.5. The molecule has 0 radical (unpaired) electrons. The summed E-state index contributed by atoms with van der Waals surface area (Å²) in [6.45, 7) is 6.95. The summed E-state index contributed by atoms with van der Waals surface area (Å²) in [6, 6.07) is 23.4. The molecule has 34 heavy (non-hydrogen) atoms. The minimum absolute atomic E-state index is 0.534. The molecule has 0 aliphatic carbocycles. The Hall–Kier alpha value is -3.59. The average Bonchev–Trinajstić information content (AvgIpc) is 2.86. The number of aliphatic imine (C=N–C) groups is 1. The number of nitrogens with zero attached hydrogens (tertiary/aromatic N) is 1. The van der Waals surface area contributed by atoms with Gasteiger partial charge in [-0.25, -0.2) is 4.99 Å². The van der Waals surface area contributed by atoms with Crippen LogP contribution in [0.25, 0.3) is 32.7 Å². The molecule has 0 aliphatic rings. The van der Waals surface area contributed by atoms with Crippen molar-refractivity contribution in [1.29, 1.82) is 0 Å². The largest absolute Gasteiger partial charge is 0.496 e. The summed E-state index contributed by atoms with van der Waals surface area (Å²) < 4.78 is 12.0. The summed E-state index contributed by atoms with van der Waals surface area (Å²) in [5, 5.41) is 4.67. The Labute approximate surface area is 202 Å². The molecule has 0 aliphatic heterocycles. The molecule has 3 nitrogen and oxygen atoms in total. The van der Waals surface area contributed by atoms with Crippen molar-refractivity contribution >= 4 is 33.1 Å². The number of fused-ring (bicyclic) bond motifs is 2. The van der Waals surface area contributed by atoms with E-state index in [1.54, 1.807) is 7.11 Å². The Morgan fingerprint density at radius 3 is 2.26 bits per heavy atom. The molecule has 174 valence electrons. The molecule has 0 N–H and O–H groups in total. The molecule has 4 aromatic rings. The minimum Gasteiger partial charge on any atom is -0.496 e. The van der Waals surface area contributed by atoms with Gasteiger partial charge in [0.1, 0.15) is 12.4 Å². The predicted octanol–water partition coefficient (Wildman–Crippen LogP) is 8.79. The predicted molar refractivity (Wildman–Crippen MR) is 146 cm³/mol. The molecule has 0 amide bonds. The number of aryl methyl sites for hydroxylation is 1. The zero-order valence-electron chi connectivity index (χ0n) is 20.6. The van der Waals surface area contributed by atoms with Crippen LogP contribution in [0.15, 0.2) is 83.9 Å². The van der Waals surface area contributed by atoms with Gasteiger partial charge < -0.3 is 9.47 Å². The van der Waals surface area contributed by atoms with Crippen LogP contribution in [0.2, 0.25) is 0 Å². The first-order valence-electron chi connectivity index (χ1n) is 12.1. The van der Waals surface area contributed by atoms with Gasteiger partial charge in [0.05, 0.1) is 12.8 Å². The molecule has 0 saturated heterocycles. The first-order chi connectivity index (χ1) is 16.7. The van der Waals surface area contributed by atoms with E-state index in [0.29, 0.717) is 6.61 Å². The lowest BCUT2D eigenvalue weighted by atomic mass is 9.90. The van der Waals surface area contributed by atoms with Gasteiger partial charge in [-0.2, -0.15) is 0 Å². The Bertz CT molecular complexity index is 1350. The van der Waals surface area contributed by atoms with E-state index in [-0.39, 0.29) is 0 Å². The van der Waals surface area contributed by atoms with E-state index < -0.39 is 0 Å². The number of hydrogen-bond acceptors (Lipinski definition) is 3. The Kier molecular flexibility index (Phi) is 7.64. The SMILES string of the molecule is CC/C=C/COC(CCC)=Nc1c(C)cc2ccccc2c1-c1c(OC)ccc2ccccc12. The lowest BCUT2D eigenvalue weighted by Gasteiger charge is -2.19. The average molecular weight is 452 g/mol. The van der Waals surface area contributed by atoms with E-state index in [4.69, 9.17) is 14.5 Å². The number of rotatable bonds is 8. The van der Waals surface area contributed by atoms with Gasteiger partial charge in [-0.15, -0.1) is 0 Å². The lowest BCUT2D eigenvalue weighted by Crippen LogP contribution is -2.05. The first kappa shape index (κ1) is 23.6. The van der Waals surface area contributed by atoms with Crippen LogP contribution in [0.5, 0.6) is 5.75 Å². The standard InChI is InChI=1S/C31H33NO2/c1-5-7-12-20-34-28(13-6-2)32-31-22(3)21-24-15-9-11-17-26(24)30(31)29-25-16-10-8-14-23(25)18-19-27(29)33-4/h7-12,14-19,21H,5-6,13,20H2,1-4H3/b12-7+,32-28?. The summed E-state index contributed by atoms with van der Waals surface area (Å²) in [5.74, 6) is 1.61. The van der Waals surface area contributed by atoms with E-state index in [9.17, 15) is 0 Å². The van der Waals surface area contributed by atoms with Gasteiger partial charge in [-0.1, -0.05) is 80.6 Å². The zero-order valence-corrected chi connectivity index (χ0v) is 20.6. The Balaban J connectivity index is 2.03. The van der Waals surface area contributed by atoms with E-state index in [0.717, 1.165) is 64.1 Å². The molecule has 0 spiro atoms. The topological polar surface area (TPSA) is 30.8 Å². The fourth-order valence-corrected chi connectivity index (χ4v) is 4.43. The third-order valence-corrected chi connectivity index (χ3v) is 6.02. The van der Waals surface area contributed by atoms with Gasteiger partial charge in [-0.05, 0) is 59.0 Å². The molecule has 0 fully saturated rings. The highest BCUT2D eigenvalue weighted by Gasteiger charge is 2.20. The monoisotopic (exact) mass is 451 g/mol. The maximum atomic E-state index is 6.12. The second-order valence-electron chi connectivity index (χ2n) is 8.45. The Morgan fingerprint density at radius 1 is 0.853 bits per heavy atom. The number of methoxy groups -OCH3 is 1. The molecule has 0 saturated carbocycles. The smallest absolute Gasteiger partial charge is 0.188 e. The van der Waals surface area contributed by atoms with Gasteiger partial charge in [-0.3, -0.25) is 0 Å². The van der Waals surface area contributed by atoms with Crippen LogP contribution < -0.4 is 4.74 Å². The van der Waals surface area contributed by atoms with Crippen LogP contribution in [0, 0.1) is 6.92 Å². The van der Waals surface area contributed by atoms with Crippen molar-refractivity contribution in [2.75, 3.05) is 13.7 Å². The molecule has 0 heterocycles. The first-order valence-corrected chi connectivity index (χ1v) is 12.1. The van der Waals surface area contributed by atoms with E-state index in [1.165, 1.54) is 10.8 Å². The van der Waals surface area contributed by atoms with E-state index >= 15 is 0 Å². The number of ether oxygens (including phenoxy) is 2.